The van der Waals surface area contributed by atoms with Crippen LogP contribution in [0.2, 0.25) is 0 Å². The van der Waals surface area contributed by atoms with E-state index in [2.05, 4.69) is 15.4 Å². The lowest BCUT2D eigenvalue weighted by Gasteiger charge is -2.04. The van der Waals surface area contributed by atoms with Crippen molar-refractivity contribution in [3.63, 3.8) is 0 Å². The second-order valence-corrected chi connectivity index (χ2v) is 6.30. The highest BCUT2D eigenvalue weighted by Gasteiger charge is 2.10. The number of nitro benzene ring substituents is 1. The molecule has 0 bridgehead atoms. The number of benzene rings is 2. The van der Waals surface area contributed by atoms with Crippen LogP contribution in [-0.2, 0) is 17.1 Å². The molecule has 3 rings (SSSR count). The lowest BCUT2D eigenvalue weighted by molar-refractivity contribution is -0.384. The van der Waals surface area contributed by atoms with Crippen molar-refractivity contribution < 1.29 is 9.72 Å². The van der Waals surface area contributed by atoms with Gasteiger partial charge in [0, 0.05) is 23.6 Å². The molecule has 0 aliphatic carbocycles. The zero-order valence-corrected chi connectivity index (χ0v) is 14.4. The molecule has 0 atom stereocenters. The fourth-order valence-electron chi connectivity index (χ4n) is 2.19. The predicted molar refractivity (Wildman–Crippen MR) is 97.8 cm³/mol. The highest BCUT2D eigenvalue weighted by molar-refractivity contribution is 7.98. The van der Waals surface area contributed by atoms with Crippen LogP contribution in [0.1, 0.15) is 5.56 Å². The van der Waals surface area contributed by atoms with Gasteiger partial charge in [-0.3, -0.25) is 14.9 Å². The number of amides is 1. The summed E-state index contributed by atoms with van der Waals surface area (Å²) in [5, 5.41) is 18.2. The van der Waals surface area contributed by atoms with Gasteiger partial charge >= 0.3 is 0 Å². The fraction of sp³-hybridized carbons (Fsp3) is 0.118. The van der Waals surface area contributed by atoms with Gasteiger partial charge in [0.25, 0.3) is 5.69 Å². The van der Waals surface area contributed by atoms with Gasteiger partial charge in [0.15, 0.2) is 0 Å². The highest BCUT2D eigenvalue weighted by atomic mass is 32.2. The monoisotopic (exact) mass is 369 g/mol. The fourth-order valence-corrected chi connectivity index (χ4v) is 2.96. The van der Waals surface area contributed by atoms with Gasteiger partial charge in [-0.25, -0.2) is 9.67 Å². The smallest absolute Gasteiger partial charge is 0.271 e. The van der Waals surface area contributed by atoms with E-state index in [0.29, 0.717) is 10.8 Å². The summed E-state index contributed by atoms with van der Waals surface area (Å²) in [5.41, 5.74) is 1.45. The molecule has 0 aliphatic heterocycles. The van der Waals surface area contributed by atoms with Gasteiger partial charge in [0.2, 0.25) is 11.1 Å². The number of rotatable bonds is 7. The molecule has 132 valence electrons. The highest BCUT2D eigenvalue weighted by Crippen LogP contribution is 2.19. The van der Waals surface area contributed by atoms with Crippen molar-refractivity contribution in [2.24, 2.45) is 0 Å². The molecular formula is C17H15N5O3S. The maximum atomic E-state index is 12.1. The van der Waals surface area contributed by atoms with Crippen LogP contribution in [0.4, 0.5) is 11.4 Å². The third-order valence-electron chi connectivity index (χ3n) is 3.37. The summed E-state index contributed by atoms with van der Waals surface area (Å²) in [6.07, 6.45) is 1.49. The van der Waals surface area contributed by atoms with E-state index in [1.165, 1.54) is 41.0 Å². The number of hydrogen-bond donors (Lipinski definition) is 1. The molecule has 1 amide bonds. The van der Waals surface area contributed by atoms with E-state index in [0.717, 1.165) is 11.3 Å². The zero-order chi connectivity index (χ0) is 18.4. The third kappa shape index (κ3) is 4.90. The molecule has 0 spiro atoms. The average Bonchev–Trinajstić information content (AvgIpc) is 3.08. The standard InChI is InChI=1S/C17H15N5O3S/c23-16(19-14-7-4-8-15(9-14)22(24)25)10-21-12-18-17(20-21)26-11-13-5-2-1-3-6-13/h1-9,12H,10-11H2,(H,19,23). The number of thioether (sulfide) groups is 1. The number of nitrogens with zero attached hydrogens (tertiary/aromatic N) is 4. The molecule has 1 aromatic heterocycles. The topological polar surface area (TPSA) is 103 Å². The van der Waals surface area contributed by atoms with E-state index in [-0.39, 0.29) is 18.1 Å². The number of anilines is 1. The molecule has 0 saturated heterocycles. The van der Waals surface area contributed by atoms with Gasteiger partial charge in [0.1, 0.15) is 12.9 Å². The van der Waals surface area contributed by atoms with Gasteiger partial charge < -0.3 is 5.32 Å². The third-order valence-corrected chi connectivity index (χ3v) is 4.30. The Hall–Kier alpha value is -3.20. The summed E-state index contributed by atoms with van der Waals surface area (Å²) in [5.74, 6) is 0.403. The van der Waals surface area contributed by atoms with Crippen molar-refractivity contribution in [2.45, 2.75) is 17.5 Å². The van der Waals surface area contributed by atoms with Crippen LogP contribution >= 0.6 is 11.8 Å². The summed E-state index contributed by atoms with van der Waals surface area (Å²) in [4.78, 5) is 26.5. The largest absolute Gasteiger partial charge is 0.324 e. The number of carbonyl (C=O) groups excluding carboxylic acids is 1. The quantitative estimate of drug-likeness (QED) is 0.390. The van der Waals surface area contributed by atoms with Gasteiger partial charge in [-0.1, -0.05) is 48.2 Å². The van der Waals surface area contributed by atoms with E-state index < -0.39 is 4.92 Å². The van der Waals surface area contributed by atoms with Gasteiger partial charge in [0.05, 0.1) is 4.92 Å². The summed E-state index contributed by atoms with van der Waals surface area (Å²) in [6, 6.07) is 15.7. The Labute approximate surface area is 153 Å². The average molecular weight is 369 g/mol. The summed E-state index contributed by atoms with van der Waals surface area (Å²) in [7, 11) is 0. The minimum absolute atomic E-state index is 0.0262. The number of nitro groups is 1. The van der Waals surface area contributed by atoms with Gasteiger partial charge in [-0.2, -0.15) is 0 Å². The van der Waals surface area contributed by atoms with Crippen molar-refractivity contribution in [3.05, 3.63) is 76.6 Å². The summed E-state index contributed by atoms with van der Waals surface area (Å²) in [6.45, 7) is -0.0262. The second kappa shape index (κ2) is 8.26. The van der Waals surface area contributed by atoms with Gasteiger partial charge in [-0.05, 0) is 11.6 Å². The molecule has 0 radical (unpaired) electrons. The molecule has 0 unspecified atom stereocenters. The molecular weight excluding hydrogens is 354 g/mol. The van der Waals surface area contributed by atoms with E-state index in [1.54, 1.807) is 6.07 Å². The number of aromatic nitrogens is 3. The maximum absolute atomic E-state index is 12.1. The Morgan fingerprint density at radius 3 is 2.77 bits per heavy atom. The van der Waals surface area contributed by atoms with Crippen LogP contribution in [0.25, 0.3) is 0 Å². The molecule has 0 saturated carbocycles. The summed E-state index contributed by atoms with van der Waals surface area (Å²) < 4.78 is 1.43. The minimum atomic E-state index is -0.511. The van der Waals surface area contributed by atoms with Crippen molar-refractivity contribution in [1.29, 1.82) is 0 Å². The van der Waals surface area contributed by atoms with Crippen molar-refractivity contribution in [2.75, 3.05) is 5.32 Å². The normalized spacial score (nSPS) is 10.5. The van der Waals surface area contributed by atoms with Gasteiger partial charge in [-0.15, -0.1) is 5.10 Å². The van der Waals surface area contributed by atoms with E-state index in [9.17, 15) is 14.9 Å². The van der Waals surface area contributed by atoms with E-state index in [4.69, 9.17) is 0 Å². The van der Waals surface area contributed by atoms with E-state index >= 15 is 0 Å². The maximum Gasteiger partial charge on any atom is 0.271 e. The number of hydrogen-bond acceptors (Lipinski definition) is 6. The summed E-state index contributed by atoms with van der Waals surface area (Å²) >= 11 is 1.48. The van der Waals surface area contributed by atoms with Crippen molar-refractivity contribution in [1.82, 2.24) is 14.8 Å². The van der Waals surface area contributed by atoms with Crippen LogP contribution in [0.5, 0.6) is 0 Å². The Bertz CT molecular complexity index is 914. The molecule has 9 heteroatoms. The molecule has 0 fully saturated rings. The van der Waals surface area contributed by atoms with Crippen molar-refractivity contribution >= 4 is 29.0 Å². The zero-order valence-electron chi connectivity index (χ0n) is 13.6. The van der Waals surface area contributed by atoms with Crippen LogP contribution in [0, 0.1) is 10.1 Å². The molecule has 1 N–H and O–H groups in total. The molecule has 2 aromatic carbocycles. The Morgan fingerprint density at radius 1 is 1.19 bits per heavy atom. The molecule has 26 heavy (non-hydrogen) atoms. The minimum Gasteiger partial charge on any atom is -0.324 e. The molecule has 0 aliphatic rings. The first-order valence-electron chi connectivity index (χ1n) is 7.70. The molecule has 8 nitrogen and oxygen atoms in total. The molecule has 3 aromatic rings. The predicted octanol–water partition coefficient (Wildman–Crippen LogP) is 3.12. The lowest BCUT2D eigenvalue weighted by atomic mass is 10.2. The number of non-ortho nitro benzene ring substituents is 1. The first-order chi connectivity index (χ1) is 12.6. The van der Waals surface area contributed by atoms with Crippen LogP contribution in [0.3, 0.4) is 0 Å². The van der Waals surface area contributed by atoms with Crippen LogP contribution in [0.15, 0.2) is 66.1 Å². The number of nitrogens with one attached hydrogen (secondary N) is 1. The Balaban J connectivity index is 1.54. The van der Waals surface area contributed by atoms with Crippen LogP contribution < -0.4 is 5.32 Å². The SMILES string of the molecule is O=C(Cn1cnc(SCc2ccccc2)n1)Nc1cccc([N+](=O)[O-])c1. The molecule has 1 heterocycles. The van der Waals surface area contributed by atoms with Crippen molar-refractivity contribution in [3.8, 4) is 0 Å². The lowest BCUT2D eigenvalue weighted by Crippen LogP contribution is -2.19. The second-order valence-electron chi connectivity index (χ2n) is 5.35. The first-order valence-corrected chi connectivity index (χ1v) is 8.69. The van der Waals surface area contributed by atoms with E-state index in [1.807, 2.05) is 30.3 Å². The Morgan fingerprint density at radius 2 is 2.00 bits per heavy atom. The Kier molecular flexibility index (Phi) is 5.59. The first kappa shape index (κ1) is 17.6. The number of carbonyl (C=O) groups is 1. The van der Waals surface area contributed by atoms with Crippen LogP contribution in [-0.4, -0.2) is 25.6 Å².